The summed E-state index contributed by atoms with van der Waals surface area (Å²) < 4.78 is 1.69. The van der Waals surface area contributed by atoms with Crippen molar-refractivity contribution in [3.05, 3.63) is 55.2 Å². The summed E-state index contributed by atoms with van der Waals surface area (Å²) in [6.45, 7) is 0. The molecule has 5 nitrogen and oxygen atoms in total. The summed E-state index contributed by atoms with van der Waals surface area (Å²) in [4.78, 5) is 8.04. The normalized spacial score (nSPS) is 10.4. The van der Waals surface area contributed by atoms with Gasteiger partial charge in [-0.2, -0.15) is 5.10 Å². The first-order valence-corrected chi connectivity index (χ1v) is 5.43. The predicted octanol–water partition coefficient (Wildman–Crippen LogP) is 2.03. The van der Waals surface area contributed by atoms with Gasteiger partial charge in [-0.3, -0.25) is 0 Å². The van der Waals surface area contributed by atoms with Gasteiger partial charge in [0.15, 0.2) is 0 Å². The van der Waals surface area contributed by atoms with E-state index in [0.29, 0.717) is 0 Å². The Morgan fingerprint density at radius 1 is 1.17 bits per heavy atom. The van der Waals surface area contributed by atoms with Gasteiger partial charge >= 0.3 is 0 Å². The molecule has 18 heavy (non-hydrogen) atoms. The Hall–Kier alpha value is -2.69. The van der Waals surface area contributed by atoms with Gasteiger partial charge in [0.05, 0.1) is 17.6 Å². The molecule has 0 unspecified atom stereocenters. The third-order valence-corrected chi connectivity index (χ3v) is 2.55. The quantitative estimate of drug-likeness (QED) is 0.742. The second kappa shape index (κ2) is 4.29. The second-order valence-electron chi connectivity index (χ2n) is 3.79. The van der Waals surface area contributed by atoms with E-state index < -0.39 is 0 Å². The highest BCUT2D eigenvalue weighted by Gasteiger charge is 2.04. The lowest BCUT2D eigenvalue weighted by molar-refractivity contribution is 0.475. The second-order valence-corrected chi connectivity index (χ2v) is 3.79. The summed E-state index contributed by atoms with van der Waals surface area (Å²) in [5.74, 6) is 0.214. The van der Waals surface area contributed by atoms with Gasteiger partial charge in [-0.1, -0.05) is 6.07 Å². The Bertz CT molecular complexity index is 664. The van der Waals surface area contributed by atoms with Crippen molar-refractivity contribution in [3.8, 4) is 22.7 Å². The van der Waals surface area contributed by atoms with Gasteiger partial charge in [0.2, 0.25) is 0 Å². The number of benzene rings is 1. The van der Waals surface area contributed by atoms with Crippen LogP contribution in [0.15, 0.2) is 55.2 Å². The van der Waals surface area contributed by atoms with Crippen LogP contribution in [-0.4, -0.2) is 24.9 Å². The zero-order valence-electron chi connectivity index (χ0n) is 9.43. The molecule has 0 fully saturated rings. The van der Waals surface area contributed by atoms with Crippen LogP contribution < -0.4 is 0 Å². The van der Waals surface area contributed by atoms with Gasteiger partial charge in [0.25, 0.3) is 0 Å². The Kier molecular flexibility index (Phi) is 2.49. The molecule has 0 saturated carbocycles. The van der Waals surface area contributed by atoms with Crippen molar-refractivity contribution in [2.75, 3.05) is 0 Å². The molecule has 0 aliphatic rings. The highest BCUT2D eigenvalue weighted by Crippen LogP contribution is 2.19. The molecule has 0 bridgehead atoms. The van der Waals surface area contributed by atoms with Gasteiger partial charge in [0.1, 0.15) is 12.1 Å². The topological polar surface area (TPSA) is 63.8 Å². The maximum absolute atomic E-state index is 9.44. The Balaban J connectivity index is 2.00. The van der Waals surface area contributed by atoms with E-state index in [-0.39, 0.29) is 5.75 Å². The SMILES string of the molecule is Oc1cccc(-n2cc(-c3ccncn3)cn2)c1. The Morgan fingerprint density at radius 3 is 2.89 bits per heavy atom. The summed E-state index contributed by atoms with van der Waals surface area (Å²) in [7, 11) is 0. The highest BCUT2D eigenvalue weighted by atomic mass is 16.3. The van der Waals surface area contributed by atoms with Crippen LogP contribution >= 0.6 is 0 Å². The van der Waals surface area contributed by atoms with Crippen molar-refractivity contribution in [1.29, 1.82) is 0 Å². The third-order valence-electron chi connectivity index (χ3n) is 2.55. The number of hydrogen-bond donors (Lipinski definition) is 1. The first-order chi connectivity index (χ1) is 8.83. The molecule has 5 heteroatoms. The fraction of sp³-hybridized carbons (Fsp3) is 0. The molecule has 0 aliphatic heterocycles. The summed E-state index contributed by atoms with van der Waals surface area (Å²) in [6, 6.07) is 8.74. The lowest BCUT2D eigenvalue weighted by Gasteiger charge is -2.00. The molecule has 0 radical (unpaired) electrons. The molecule has 1 aromatic carbocycles. The molecule has 2 heterocycles. The van der Waals surface area contributed by atoms with Crippen LogP contribution in [-0.2, 0) is 0 Å². The van der Waals surface area contributed by atoms with Gasteiger partial charge in [-0.05, 0) is 18.2 Å². The van der Waals surface area contributed by atoms with Crippen molar-refractivity contribution in [3.63, 3.8) is 0 Å². The van der Waals surface area contributed by atoms with Crippen LogP contribution in [0, 0.1) is 0 Å². The minimum atomic E-state index is 0.214. The maximum Gasteiger partial charge on any atom is 0.117 e. The number of aromatic hydroxyl groups is 1. The standard InChI is InChI=1S/C13H10N4O/c18-12-3-1-2-11(6-12)17-8-10(7-16-17)13-4-5-14-9-15-13/h1-9,18H. The molecule has 88 valence electrons. The lowest BCUT2D eigenvalue weighted by Crippen LogP contribution is -1.92. The summed E-state index contributed by atoms with van der Waals surface area (Å²) in [5, 5.41) is 13.7. The zero-order valence-corrected chi connectivity index (χ0v) is 9.43. The van der Waals surface area contributed by atoms with Gasteiger partial charge in [-0.25, -0.2) is 14.6 Å². The molecule has 2 aromatic heterocycles. The molecular formula is C13H10N4O. The van der Waals surface area contributed by atoms with Crippen molar-refractivity contribution >= 4 is 0 Å². The minimum absolute atomic E-state index is 0.214. The van der Waals surface area contributed by atoms with Crippen LogP contribution in [0.1, 0.15) is 0 Å². The van der Waals surface area contributed by atoms with E-state index in [2.05, 4.69) is 15.1 Å². The van der Waals surface area contributed by atoms with Crippen molar-refractivity contribution in [2.45, 2.75) is 0 Å². The summed E-state index contributed by atoms with van der Waals surface area (Å²) in [5.41, 5.74) is 2.52. The fourth-order valence-electron chi connectivity index (χ4n) is 1.69. The summed E-state index contributed by atoms with van der Waals surface area (Å²) >= 11 is 0. The third kappa shape index (κ3) is 1.93. The van der Waals surface area contributed by atoms with Crippen LogP contribution in [0.3, 0.4) is 0 Å². The van der Waals surface area contributed by atoms with Crippen molar-refractivity contribution < 1.29 is 5.11 Å². The minimum Gasteiger partial charge on any atom is -0.508 e. The number of rotatable bonds is 2. The molecule has 0 spiro atoms. The van der Waals surface area contributed by atoms with E-state index in [1.807, 2.05) is 18.3 Å². The van der Waals surface area contributed by atoms with Crippen molar-refractivity contribution in [1.82, 2.24) is 19.7 Å². The average molecular weight is 238 g/mol. The van der Waals surface area contributed by atoms with Gasteiger partial charge < -0.3 is 5.11 Å². The first kappa shape index (κ1) is 10.5. The molecule has 1 N–H and O–H groups in total. The van der Waals surface area contributed by atoms with Gasteiger partial charge in [-0.15, -0.1) is 0 Å². The summed E-state index contributed by atoms with van der Waals surface area (Å²) in [6.07, 6.45) is 6.78. The zero-order chi connectivity index (χ0) is 12.4. The molecular weight excluding hydrogens is 228 g/mol. The van der Waals surface area contributed by atoms with Crippen LogP contribution in [0.5, 0.6) is 5.75 Å². The molecule has 0 saturated heterocycles. The molecule has 0 aliphatic carbocycles. The number of aromatic nitrogens is 4. The van der Waals surface area contributed by atoms with Crippen LogP contribution in [0.25, 0.3) is 16.9 Å². The Labute approximate surface area is 103 Å². The molecule has 0 amide bonds. The number of hydrogen-bond acceptors (Lipinski definition) is 4. The highest BCUT2D eigenvalue weighted by molar-refractivity contribution is 5.57. The lowest BCUT2D eigenvalue weighted by atomic mass is 10.2. The molecule has 0 atom stereocenters. The fourth-order valence-corrected chi connectivity index (χ4v) is 1.69. The number of phenols is 1. The monoisotopic (exact) mass is 238 g/mol. The van der Waals surface area contributed by atoms with E-state index in [4.69, 9.17) is 0 Å². The largest absolute Gasteiger partial charge is 0.508 e. The van der Waals surface area contributed by atoms with Crippen LogP contribution in [0.2, 0.25) is 0 Å². The van der Waals surface area contributed by atoms with E-state index in [1.165, 1.54) is 6.33 Å². The van der Waals surface area contributed by atoms with E-state index in [9.17, 15) is 5.11 Å². The first-order valence-electron chi connectivity index (χ1n) is 5.43. The van der Waals surface area contributed by atoms with Crippen LogP contribution in [0.4, 0.5) is 0 Å². The average Bonchev–Trinajstić information content (AvgIpc) is 2.89. The van der Waals surface area contributed by atoms with Gasteiger partial charge in [0, 0.05) is 24.0 Å². The number of phenolic OH excluding ortho intramolecular Hbond substituents is 1. The predicted molar refractivity (Wildman–Crippen MR) is 66.3 cm³/mol. The Morgan fingerprint density at radius 2 is 2.11 bits per heavy atom. The van der Waals surface area contributed by atoms with E-state index >= 15 is 0 Å². The van der Waals surface area contributed by atoms with E-state index in [0.717, 1.165) is 16.9 Å². The van der Waals surface area contributed by atoms with Crippen molar-refractivity contribution in [2.24, 2.45) is 0 Å². The number of nitrogens with zero attached hydrogens (tertiary/aromatic N) is 4. The maximum atomic E-state index is 9.44. The smallest absolute Gasteiger partial charge is 0.117 e. The molecule has 3 aromatic rings. The molecule has 3 rings (SSSR count). The van der Waals surface area contributed by atoms with E-state index in [1.54, 1.807) is 35.3 Å².